The summed E-state index contributed by atoms with van der Waals surface area (Å²) in [6, 6.07) is 1.41. The van der Waals surface area contributed by atoms with Gasteiger partial charge in [-0.25, -0.2) is 0 Å². The maximum atomic E-state index is 12.1. The lowest BCUT2D eigenvalue weighted by Gasteiger charge is -2.25. The third-order valence-electron chi connectivity index (χ3n) is 4.25. The summed E-state index contributed by atoms with van der Waals surface area (Å²) in [7, 11) is 0. The van der Waals surface area contributed by atoms with Crippen LogP contribution in [-0.2, 0) is 4.79 Å². The quantitative estimate of drug-likeness (QED) is 0.718. The predicted molar refractivity (Wildman–Crippen MR) is 86.5 cm³/mol. The van der Waals surface area contributed by atoms with E-state index in [0.717, 1.165) is 12.2 Å². The van der Waals surface area contributed by atoms with Gasteiger partial charge in [-0.2, -0.15) is 0 Å². The van der Waals surface area contributed by atoms with Crippen LogP contribution in [0.25, 0.3) is 0 Å². The minimum atomic E-state index is -0.403. The van der Waals surface area contributed by atoms with E-state index < -0.39 is 6.04 Å². The topological polar surface area (TPSA) is 93.2 Å². The molecule has 0 saturated heterocycles. The molecule has 124 valence electrons. The fraction of sp³-hybridized carbons (Fsp3) is 0.750. The van der Waals surface area contributed by atoms with Gasteiger partial charge in [-0.1, -0.05) is 37.3 Å². The molecule has 6 nitrogen and oxygen atoms in total. The van der Waals surface area contributed by atoms with Gasteiger partial charge in [0.25, 0.3) is 0 Å². The van der Waals surface area contributed by atoms with E-state index in [0.29, 0.717) is 18.3 Å². The average molecular weight is 308 g/mol. The SMILES string of the molecule is Cc1cc(NC[C@H](C)NC(=O)[C@@H](N)CC2CCCCC2)no1. The van der Waals surface area contributed by atoms with Crippen molar-refractivity contribution in [3.63, 3.8) is 0 Å². The van der Waals surface area contributed by atoms with Gasteiger partial charge in [0.05, 0.1) is 6.04 Å². The molecule has 0 aliphatic heterocycles. The second-order valence-electron chi connectivity index (χ2n) is 6.46. The van der Waals surface area contributed by atoms with Crippen molar-refractivity contribution in [1.82, 2.24) is 10.5 Å². The predicted octanol–water partition coefficient (Wildman–Crippen LogP) is 2.20. The third-order valence-corrected chi connectivity index (χ3v) is 4.25. The molecule has 2 atom stereocenters. The standard InChI is InChI=1S/C16H28N4O2/c1-11(10-18-15-8-12(2)22-20-15)19-16(21)14(17)9-13-6-4-3-5-7-13/h8,11,13-14H,3-7,9-10,17H2,1-2H3,(H,18,20)(H,19,21)/t11-,14-/m0/s1. The Balaban J connectivity index is 1.68. The molecule has 0 radical (unpaired) electrons. The van der Waals surface area contributed by atoms with Crippen LogP contribution >= 0.6 is 0 Å². The molecule has 4 N–H and O–H groups in total. The number of aryl methyl sites for hydroxylation is 1. The molecule has 0 aromatic carbocycles. The lowest BCUT2D eigenvalue weighted by molar-refractivity contribution is -0.123. The number of carbonyl (C=O) groups excluding carboxylic acids is 1. The second-order valence-corrected chi connectivity index (χ2v) is 6.46. The summed E-state index contributed by atoms with van der Waals surface area (Å²) in [5.74, 6) is 2.00. The van der Waals surface area contributed by atoms with E-state index >= 15 is 0 Å². The number of nitrogens with two attached hydrogens (primary N) is 1. The lowest BCUT2D eigenvalue weighted by Crippen LogP contribution is -2.47. The van der Waals surface area contributed by atoms with E-state index in [1.807, 2.05) is 19.9 Å². The summed E-state index contributed by atoms with van der Waals surface area (Å²) in [4.78, 5) is 12.1. The summed E-state index contributed by atoms with van der Waals surface area (Å²) in [6.07, 6.45) is 7.09. The van der Waals surface area contributed by atoms with Crippen LogP contribution in [0, 0.1) is 12.8 Å². The Morgan fingerprint density at radius 1 is 1.45 bits per heavy atom. The highest BCUT2D eigenvalue weighted by Gasteiger charge is 2.22. The first-order valence-corrected chi connectivity index (χ1v) is 8.27. The van der Waals surface area contributed by atoms with Crippen molar-refractivity contribution in [2.24, 2.45) is 11.7 Å². The third kappa shape index (κ3) is 5.33. The van der Waals surface area contributed by atoms with E-state index in [9.17, 15) is 4.79 Å². The van der Waals surface area contributed by atoms with Crippen LogP contribution in [-0.4, -0.2) is 29.7 Å². The van der Waals surface area contributed by atoms with E-state index in [4.69, 9.17) is 10.3 Å². The molecule has 1 aromatic rings. The van der Waals surface area contributed by atoms with Gasteiger partial charge in [0.15, 0.2) is 5.82 Å². The molecule has 2 rings (SSSR count). The van der Waals surface area contributed by atoms with Crippen molar-refractivity contribution in [2.45, 2.75) is 64.5 Å². The number of amides is 1. The van der Waals surface area contributed by atoms with Crippen LogP contribution in [0.3, 0.4) is 0 Å². The van der Waals surface area contributed by atoms with E-state index in [2.05, 4.69) is 15.8 Å². The van der Waals surface area contributed by atoms with Gasteiger partial charge in [0.2, 0.25) is 5.91 Å². The van der Waals surface area contributed by atoms with Crippen molar-refractivity contribution >= 4 is 11.7 Å². The number of nitrogens with one attached hydrogen (secondary N) is 2. The molecule has 0 bridgehead atoms. The molecule has 1 amide bonds. The molecular weight excluding hydrogens is 280 g/mol. The van der Waals surface area contributed by atoms with E-state index in [1.54, 1.807) is 0 Å². The number of anilines is 1. The van der Waals surface area contributed by atoms with E-state index in [-0.39, 0.29) is 11.9 Å². The summed E-state index contributed by atoms with van der Waals surface area (Å²) in [6.45, 7) is 4.38. The molecule has 1 aliphatic carbocycles. The number of nitrogens with zero attached hydrogens (tertiary/aromatic N) is 1. The van der Waals surface area contributed by atoms with Crippen molar-refractivity contribution < 1.29 is 9.32 Å². The Labute approximate surface area is 132 Å². The van der Waals surface area contributed by atoms with Crippen molar-refractivity contribution in [2.75, 3.05) is 11.9 Å². The Hall–Kier alpha value is -1.56. The molecule has 1 aromatic heterocycles. The van der Waals surface area contributed by atoms with Crippen LogP contribution in [0.4, 0.5) is 5.82 Å². The molecule has 0 unspecified atom stereocenters. The molecule has 1 saturated carbocycles. The zero-order valence-corrected chi connectivity index (χ0v) is 13.6. The highest BCUT2D eigenvalue weighted by Crippen LogP contribution is 2.26. The number of hydrogen-bond donors (Lipinski definition) is 3. The van der Waals surface area contributed by atoms with Gasteiger partial charge in [-0.15, -0.1) is 0 Å². The van der Waals surface area contributed by atoms with E-state index in [1.165, 1.54) is 32.1 Å². The van der Waals surface area contributed by atoms with Gasteiger partial charge < -0.3 is 20.9 Å². The Morgan fingerprint density at radius 3 is 2.82 bits per heavy atom. The van der Waals surface area contributed by atoms with Gasteiger partial charge in [0.1, 0.15) is 5.76 Å². The van der Waals surface area contributed by atoms with Crippen LogP contribution in [0.1, 0.15) is 51.2 Å². The zero-order chi connectivity index (χ0) is 15.9. The molecule has 1 aliphatic rings. The number of hydrogen-bond acceptors (Lipinski definition) is 5. The van der Waals surface area contributed by atoms with Gasteiger partial charge in [0, 0.05) is 18.7 Å². The molecule has 6 heteroatoms. The number of rotatable bonds is 7. The van der Waals surface area contributed by atoms with Crippen LogP contribution in [0.5, 0.6) is 0 Å². The fourth-order valence-electron chi connectivity index (χ4n) is 3.00. The maximum absolute atomic E-state index is 12.1. The summed E-state index contributed by atoms with van der Waals surface area (Å²) in [5, 5.41) is 9.95. The zero-order valence-electron chi connectivity index (χ0n) is 13.6. The molecule has 22 heavy (non-hydrogen) atoms. The highest BCUT2D eigenvalue weighted by atomic mass is 16.5. The first-order valence-electron chi connectivity index (χ1n) is 8.27. The molecule has 1 heterocycles. The van der Waals surface area contributed by atoms with Gasteiger partial charge >= 0.3 is 0 Å². The first-order chi connectivity index (χ1) is 10.5. The van der Waals surface area contributed by atoms with Crippen LogP contribution in [0.2, 0.25) is 0 Å². The average Bonchev–Trinajstić information content (AvgIpc) is 2.92. The molecular formula is C16H28N4O2. The Kier molecular flexibility index (Phi) is 6.24. The number of aromatic nitrogens is 1. The summed E-state index contributed by atoms with van der Waals surface area (Å²) >= 11 is 0. The number of carbonyl (C=O) groups is 1. The summed E-state index contributed by atoms with van der Waals surface area (Å²) < 4.78 is 4.98. The van der Waals surface area contributed by atoms with Crippen LogP contribution in [0.15, 0.2) is 10.6 Å². The van der Waals surface area contributed by atoms with Gasteiger partial charge in [-0.3, -0.25) is 4.79 Å². The minimum Gasteiger partial charge on any atom is -0.365 e. The smallest absolute Gasteiger partial charge is 0.237 e. The monoisotopic (exact) mass is 308 g/mol. The van der Waals surface area contributed by atoms with Crippen LogP contribution < -0.4 is 16.4 Å². The lowest BCUT2D eigenvalue weighted by atomic mass is 9.85. The van der Waals surface area contributed by atoms with Crippen molar-refractivity contribution in [3.8, 4) is 0 Å². The fourth-order valence-corrected chi connectivity index (χ4v) is 3.00. The Bertz CT molecular complexity index is 468. The van der Waals surface area contributed by atoms with Crippen molar-refractivity contribution in [1.29, 1.82) is 0 Å². The largest absolute Gasteiger partial charge is 0.365 e. The maximum Gasteiger partial charge on any atom is 0.237 e. The van der Waals surface area contributed by atoms with Gasteiger partial charge in [-0.05, 0) is 26.2 Å². The minimum absolute atomic E-state index is 0.0121. The van der Waals surface area contributed by atoms with Crippen molar-refractivity contribution in [3.05, 3.63) is 11.8 Å². The first kappa shape index (κ1) is 16.8. The Morgan fingerprint density at radius 2 is 2.18 bits per heavy atom. The molecule has 0 spiro atoms. The normalized spacial score (nSPS) is 18.7. The molecule has 1 fully saturated rings. The highest BCUT2D eigenvalue weighted by molar-refractivity contribution is 5.81. The second kappa shape index (κ2) is 8.17. The summed E-state index contributed by atoms with van der Waals surface area (Å²) in [5.41, 5.74) is 6.05.